The van der Waals surface area contributed by atoms with Crippen LogP contribution in [-0.2, 0) is 6.54 Å². The molecule has 3 nitrogen and oxygen atoms in total. The Balaban J connectivity index is 2.60. The van der Waals surface area contributed by atoms with Gasteiger partial charge < -0.3 is 10.2 Å². The summed E-state index contributed by atoms with van der Waals surface area (Å²) in [6.45, 7) is 6.41. The molecule has 1 aromatic rings. The highest BCUT2D eigenvalue weighted by Gasteiger charge is 2.16. The molecule has 0 atom stereocenters. The molecule has 0 radical (unpaired) electrons. The fourth-order valence-corrected chi connectivity index (χ4v) is 1.61. The summed E-state index contributed by atoms with van der Waals surface area (Å²) >= 11 is 5.90. The maximum absolute atomic E-state index is 11.8. The first-order valence-electron chi connectivity index (χ1n) is 5.56. The van der Waals surface area contributed by atoms with Crippen molar-refractivity contribution in [2.75, 3.05) is 7.05 Å². The Kier molecular flexibility index (Phi) is 4.40. The Hall–Kier alpha value is -1.22. The second-order valence-corrected chi connectivity index (χ2v) is 5.60. The van der Waals surface area contributed by atoms with Crippen LogP contribution in [0.25, 0.3) is 0 Å². The van der Waals surface area contributed by atoms with Gasteiger partial charge in [-0.1, -0.05) is 23.7 Å². The molecule has 0 aliphatic rings. The van der Waals surface area contributed by atoms with Crippen LogP contribution in [0.2, 0.25) is 5.02 Å². The van der Waals surface area contributed by atoms with Crippen molar-refractivity contribution >= 4 is 17.6 Å². The van der Waals surface area contributed by atoms with Gasteiger partial charge in [0.25, 0.3) is 0 Å². The lowest BCUT2D eigenvalue weighted by molar-refractivity contribution is 0.197. The van der Waals surface area contributed by atoms with Gasteiger partial charge in [0.2, 0.25) is 0 Å². The molecule has 0 unspecified atom stereocenters. The van der Waals surface area contributed by atoms with E-state index >= 15 is 0 Å². The average Bonchev–Trinajstić information content (AvgIpc) is 2.14. The molecule has 17 heavy (non-hydrogen) atoms. The monoisotopic (exact) mass is 254 g/mol. The van der Waals surface area contributed by atoms with E-state index in [0.717, 1.165) is 5.56 Å². The molecular formula is C13H19ClN2O. The van der Waals surface area contributed by atoms with E-state index < -0.39 is 0 Å². The maximum atomic E-state index is 11.8. The predicted molar refractivity (Wildman–Crippen MR) is 71.2 cm³/mol. The standard InChI is InChI=1S/C13H19ClN2O/c1-13(2,3)15-12(17)16(4)9-10-6-5-7-11(14)8-10/h5-8H,9H2,1-4H3,(H,15,17). The van der Waals surface area contributed by atoms with E-state index in [1.54, 1.807) is 11.9 Å². The fraction of sp³-hybridized carbons (Fsp3) is 0.462. The molecule has 0 saturated heterocycles. The Morgan fingerprint density at radius 1 is 1.41 bits per heavy atom. The lowest BCUT2D eigenvalue weighted by Crippen LogP contribution is -2.46. The van der Waals surface area contributed by atoms with Crippen molar-refractivity contribution in [3.63, 3.8) is 0 Å². The molecular weight excluding hydrogens is 236 g/mol. The zero-order valence-electron chi connectivity index (χ0n) is 10.7. The van der Waals surface area contributed by atoms with E-state index in [9.17, 15) is 4.79 Å². The highest BCUT2D eigenvalue weighted by molar-refractivity contribution is 6.30. The Morgan fingerprint density at radius 3 is 2.59 bits per heavy atom. The Labute approximate surface area is 108 Å². The van der Waals surface area contributed by atoms with Gasteiger partial charge in [0, 0.05) is 24.2 Å². The summed E-state index contributed by atoms with van der Waals surface area (Å²) in [5, 5.41) is 3.59. The fourth-order valence-electron chi connectivity index (χ4n) is 1.40. The lowest BCUT2D eigenvalue weighted by Gasteiger charge is -2.25. The molecule has 1 N–H and O–H groups in total. The van der Waals surface area contributed by atoms with E-state index in [0.29, 0.717) is 11.6 Å². The summed E-state index contributed by atoms with van der Waals surface area (Å²) in [6, 6.07) is 7.43. The van der Waals surface area contributed by atoms with Crippen LogP contribution >= 0.6 is 11.6 Å². The van der Waals surface area contributed by atoms with Crippen molar-refractivity contribution in [3.05, 3.63) is 34.9 Å². The lowest BCUT2D eigenvalue weighted by atomic mass is 10.1. The number of rotatable bonds is 2. The van der Waals surface area contributed by atoms with Crippen LogP contribution in [0.5, 0.6) is 0 Å². The van der Waals surface area contributed by atoms with E-state index in [-0.39, 0.29) is 11.6 Å². The third-order valence-electron chi connectivity index (χ3n) is 2.14. The molecule has 0 bridgehead atoms. The van der Waals surface area contributed by atoms with Crippen molar-refractivity contribution in [2.24, 2.45) is 0 Å². The summed E-state index contributed by atoms with van der Waals surface area (Å²) in [7, 11) is 1.77. The van der Waals surface area contributed by atoms with Crippen LogP contribution in [-0.4, -0.2) is 23.5 Å². The topological polar surface area (TPSA) is 32.3 Å². The minimum absolute atomic E-state index is 0.0857. The third kappa shape index (κ3) is 5.09. The average molecular weight is 255 g/mol. The van der Waals surface area contributed by atoms with Gasteiger partial charge >= 0.3 is 6.03 Å². The summed E-state index contributed by atoms with van der Waals surface area (Å²) < 4.78 is 0. The van der Waals surface area contributed by atoms with Crippen molar-refractivity contribution in [1.29, 1.82) is 0 Å². The zero-order chi connectivity index (χ0) is 13.1. The molecule has 0 spiro atoms. The van der Waals surface area contributed by atoms with Crippen LogP contribution in [0.3, 0.4) is 0 Å². The summed E-state index contributed by atoms with van der Waals surface area (Å²) in [5.74, 6) is 0. The number of halogens is 1. The number of amides is 2. The first-order chi connectivity index (χ1) is 7.78. The molecule has 2 amide bonds. The van der Waals surface area contributed by atoms with Crippen LogP contribution in [0.4, 0.5) is 4.79 Å². The number of carbonyl (C=O) groups is 1. The van der Waals surface area contributed by atoms with Gasteiger partial charge in [-0.15, -0.1) is 0 Å². The normalized spacial score (nSPS) is 11.1. The highest BCUT2D eigenvalue weighted by Crippen LogP contribution is 2.12. The molecule has 0 aliphatic carbocycles. The molecule has 1 rings (SSSR count). The first-order valence-corrected chi connectivity index (χ1v) is 5.93. The molecule has 4 heteroatoms. The molecule has 0 aromatic heterocycles. The van der Waals surface area contributed by atoms with Crippen molar-refractivity contribution in [3.8, 4) is 0 Å². The molecule has 0 fully saturated rings. The van der Waals surface area contributed by atoms with Crippen LogP contribution in [0.15, 0.2) is 24.3 Å². The van der Waals surface area contributed by atoms with Gasteiger partial charge in [0.15, 0.2) is 0 Å². The number of hydrogen-bond donors (Lipinski definition) is 1. The number of nitrogens with one attached hydrogen (secondary N) is 1. The van der Waals surface area contributed by atoms with Gasteiger partial charge in [-0.3, -0.25) is 0 Å². The molecule has 0 aliphatic heterocycles. The molecule has 94 valence electrons. The van der Waals surface area contributed by atoms with E-state index in [4.69, 9.17) is 11.6 Å². The second-order valence-electron chi connectivity index (χ2n) is 5.17. The number of carbonyl (C=O) groups excluding carboxylic acids is 1. The smallest absolute Gasteiger partial charge is 0.317 e. The minimum atomic E-state index is -0.223. The first kappa shape index (κ1) is 13.8. The van der Waals surface area contributed by atoms with E-state index in [2.05, 4.69) is 5.32 Å². The summed E-state index contributed by atoms with van der Waals surface area (Å²) in [4.78, 5) is 13.5. The van der Waals surface area contributed by atoms with Gasteiger partial charge in [0.1, 0.15) is 0 Å². The largest absolute Gasteiger partial charge is 0.333 e. The SMILES string of the molecule is CN(Cc1cccc(Cl)c1)C(=O)NC(C)(C)C. The number of hydrogen-bond acceptors (Lipinski definition) is 1. The van der Waals surface area contributed by atoms with Crippen molar-refractivity contribution < 1.29 is 4.79 Å². The number of urea groups is 1. The quantitative estimate of drug-likeness (QED) is 0.863. The van der Waals surface area contributed by atoms with Crippen molar-refractivity contribution in [1.82, 2.24) is 10.2 Å². The summed E-state index contributed by atoms with van der Waals surface area (Å²) in [6.07, 6.45) is 0. The highest BCUT2D eigenvalue weighted by atomic mass is 35.5. The predicted octanol–water partition coefficient (Wildman–Crippen LogP) is 3.28. The van der Waals surface area contributed by atoms with Crippen LogP contribution in [0.1, 0.15) is 26.3 Å². The van der Waals surface area contributed by atoms with Gasteiger partial charge in [-0.25, -0.2) is 4.79 Å². The zero-order valence-corrected chi connectivity index (χ0v) is 11.5. The molecule has 0 heterocycles. The van der Waals surface area contributed by atoms with E-state index in [1.807, 2.05) is 45.0 Å². The van der Waals surface area contributed by atoms with E-state index in [1.165, 1.54) is 0 Å². The van der Waals surface area contributed by atoms with Gasteiger partial charge in [-0.05, 0) is 38.5 Å². The van der Waals surface area contributed by atoms with Crippen LogP contribution < -0.4 is 5.32 Å². The molecule has 1 aromatic carbocycles. The van der Waals surface area contributed by atoms with Gasteiger partial charge in [0.05, 0.1) is 0 Å². The summed E-state index contributed by atoms with van der Waals surface area (Å²) in [5.41, 5.74) is 0.795. The maximum Gasteiger partial charge on any atom is 0.317 e. The van der Waals surface area contributed by atoms with Gasteiger partial charge in [-0.2, -0.15) is 0 Å². The number of nitrogens with zero attached hydrogens (tertiary/aromatic N) is 1. The second kappa shape index (κ2) is 5.41. The Bertz CT molecular complexity index is 399. The Morgan fingerprint density at radius 2 is 2.06 bits per heavy atom. The minimum Gasteiger partial charge on any atom is -0.333 e. The number of benzene rings is 1. The van der Waals surface area contributed by atoms with Crippen molar-refractivity contribution in [2.45, 2.75) is 32.9 Å². The third-order valence-corrected chi connectivity index (χ3v) is 2.37. The molecule has 0 saturated carbocycles. The van der Waals surface area contributed by atoms with Crippen LogP contribution in [0, 0.1) is 0 Å².